The van der Waals surface area contributed by atoms with Crippen molar-refractivity contribution in [3.63, 3.8) is 0 Å². The van der Waals surface area contributed by atoms with Gasteiger partial charge in [0.05, 0.1) is 11.5 Å². The third kappa shape index (κ3) is 4.02. The van der Waals surface area contributed by atoms with E-state index in [4.69, 9.17) is 0 Å². The average molecular weight is 318 g/mol. The molecule has 0 saturated carbocycles. The molecule has 0 spiro atoms. The molecule has 0 aromatic carbocycles. The van der Waals surface area contributed by atoms with Crippen molar-refractivity contribution < 1.29 is 13.5 Å². The molecule has 5 nitrogen and oxygen atoms in total. The van der Waals surface area contributed by atoms with Gasteiger partial charge in [0.2, 0.25) is 10.0 Å². The highest BCUT2D eigenvalue weighted by Crippen LogP contribution is 2.22. The first-order chi connectivity index (χ1) is 9.53. The van der Waals surface area contributed by atoms with Crippen LogP contribution < -0.4 is 4.72 Å². The van der Waals surface area contributed by atoms with Crippen LogP contribution in [0.15, 0.2) is 16.3 Å². The quantitative estimate of drug-likeness (QED) is 0.832. The van der Waals surface area contributed by atoms with Gasteiger partial charge in [0.15, 0.2) is 0 Å². The number of sulfonamides is 1. The first-order valence-electron chi connectivity index (χ1n) is 6.95. The summed E-state index contributed by atoms with van der Waals surface area (Å²) in [6, 6.07) is 1.41. The van der Waals surface area contributed by atoms with E-state index in [0.717, 1.165) is 19.6 Å². The van der Waals surface area contributed by atoms with Crippen molar-refractivity contribution in [3.05, 3.63) is 16.3 Å². The maximum atomic E-state index is 12.3. The van der Waals surface area contributed by atoms with Gasteiger partial charge in [0.25, 0.3) is 0 Å². The molecule has 1 unspecified atom stereocenters. The van der Waals surface area contributed by atoms with E-state index in [1.165, 1.54) is 30.6 Å². The zero-order chi connectivity index (χ0) is 14.6. The molecule has 1 aromatic rings. The highest BCUT2D eigenvalue weighted by Gasteiger charge is 2.23. The van der Waals surface area contributed by atoms with Crippen LogP contribution in [0.5, 0.6) is 0 Å². The van der Waals surface area contributed by atoms with Crippen LogP contribution in [-0.4, -0.2) is 44.1 Å². The second-order valence-corrected chi connectivity index (χ2v) is 7.93. The van der Waals surface area contributed by atoms with E-state index in [-0.39, 0.29) is 17.5 Å². The van der Waals surface area contributed by atoms with E-state index in [0.29, 0.717) is 4.88 Å². The molecule has 2 heterocycles. The third-order valence-electron chi connectivity index (χ3n) is 3.47. The van der Waals surface area contributed by atoms with Crippen LogP contribution >= 0.6 is 11.3 Å². The SMILES string of the molecule is CC(CN1CCCCC1)NS(=O)(=O)c1ccsc1CO. The summed E-state index contributed by atoms with van der Waals surface area (Å²) in [6.07, 6.45) is 3.66. The number of thiophene rings is 1. The summed E-state index contributed by atoms with van der Waals surface area (Å²) in [5, 5.41) is 10.9. The van der Waals surface area contributed by atoms with Gasteiger partial charge in [-0.1, -0.05) is 6.42 Å². The zero-order valence-electron chi connectivity index (χ0n) is 11.7. The number of likely N-dealkylation sites (tertiary alicyclic amines) is 1. The summed E-state index contributed by atoms with van der Waals surface area (Å²) in [7, 11) is -3.54. The smallest absolute Gasteiger partial charge is 0.242 e. The lowest BCUT2D eigenvalue weighted by Gasteiger charge is -2.29. The Morgan fingerprint density at radius 2 is 2.10 bits per heavy atom. The van der Waals surface area contributed by atoms with Crippen molar-refractivity contribution in [3.8, 4) is 0 Å². The molecule has 7 heteroatoms. The van der Waals surface area contributed by atoms with Gasteiger partial charge in [-0.15, -0.1) is 11.3 Å². The molecule has 2 N–H and O–H groups in total. The Hall–Kier alpha value is -0.470. The summed E-state index contributed by atoms with van der Waals surface area (Å²) in [5.74, 6) is 0. The first-order valence-corrected chi connectivity index (χ1v) is 9.31. The van der Waals surface area contributed by atoms with E-state index < -0.39 is 10.0 Å². The summed E-state index contributed by atoms with van der Waals surface area (Å²) >= 11 is 1.26. The summed E-state index contributed by atoms with van der Waals surface area (Å²) < 4.78 is 27.3. The highest BCUT2D eigenvalue weighted by molar-refractivity contribution is 7.89. The van der Waals surface area contributed by atoms with Crippen LogP contribution in [0.3, 0.4) is 0 Å². The number of nitrogens with one attached hydrogen (secondary N) is 1. The van der Waals surface area contributed by atoms with Crippen molar-refractivity contribution in [1.82, 2.24) is 9.62 Å². The molecule has 1 saturated heterocycles. The summed E-state index contributed by atoms with van der Waals surface area (Å²) in [4.78, 5) is 3.00. The van der Waals surface area contributed by atoms with E-state index in [2.05, 4.69) is 9.62 Å². The molecular formula is C13H22N2O3S2. The molecule has 114 valence electrons. The highest BCUT2D eigenvalue weighted by atomic mass is 32.2. The molecule has 1 aliphatic heterocycles. The number of nitrogens with zero attached hydrogens (tertiary/aromatic N) is 1. The minimum absolute atomic E-state index is 0.135. The van der Waals surface area contributed by atoms with Crippen LogP contribution in [-0.2, 0) is 16.6 Å². The number of piperidine rings is 1. The number of aliphatic hydroxyl groups is 1. The second-order valence-electron chi connectivity index (χ2n) is 5.25. The van der Waals surface area contributed by atoms with Gasteiger partial charge >= 0.3 is 0 Å². The average Bonchev–Trinajstić information content (AvgIpc) is 2.88. The van der Waals surface area contributed by atoms with Gasteiger partial charge in [0, 0.05) is 17.5 Å². The predicted molar refractivity (Wildman–Crippen MR) is 80.3 cm³/mol. The van der Waals surface area contributed by atoms with Crippen LogP contribution in [0, 0.1) is 0 Å². The topological polar surface area (TPSA) is 69.6 Å². The maximum Gasteiger partial charge on any atom is 0.242 e. The van der Waals surface area contributed by atoms with Gasteiger partial charge in [-0.05, 0) is 44.3 Å². The van der Waals surface area contributed by atoms with Gasteiger partial charge < -0.3 is 10.0 Å². The Morgan fingerprint density at radius 1 is 1.40 bits per heavy atom. The van der Waals surface area contributed by atoms with E-state index in [1.54, 1.807) is 11.4 Å². The number of hydrogen-bond acceptors (Lipinski definition) is 5. The monoisotopic (exact) mass is 318 g/mol. The summed E-state index contributed by atoms with van der Waals surface area (Å²) in [6.45, 7) is 4.47. The lowest BCUT2D eigenvalue weighted by Crippen LogP contribution is -2.43. The van der Waals surface area contributed by atoms with Crippen molar-refractivity contribution in [1.29, 1.82) is 0 Å². The fourth-order valence-electron chi connectivity index (χ4n) is 2.58. The van der Waals surface area contributed by atoms with Gasteiger partial charge in [-0.25, -0.2) is 13.1 Å². The molecule has 1 aromatic heterocycles. The van der Waals surface area contributed by atoms with Crippen LogP contribution in [0.25, 0.3) is 0 Å². The van der Waals surface area contributed by atoms with Crippen LogP contribution in [0.1, 0.15) is 31.1 Å². The molecular weight excluding hydrogens is 296 g/mol. The zero-order valence-corrected chi connectivity index (χ0v) is 13.3. The fraction of sp³-hybridized carbons (Fsp3) is 0.692. The third-order valence-corrected chi connectivity index (χ3v) is 6.18. The first kappa shape index (κ1) is 15.9. The minimum atomic E-state index is -3.54. The minimum Gasteiger partial charge on any atom is -0.391 e. The Labute approximate surface area is 124 Å². The molecule has 0 amide bonds. The van der Waals surface area contributed by atoms with Crippen molar-refractivity contribution in [2.45, 2.75) is 43.7 Å². The molecule has 1 atom stereocenters. The van der Waals surface area contributed by atoms with Gasteiger partial charge in [0.1, 0.15) is 0 Å². The Bertz CT molecular complexity index is 521. The lowest BCUT2D eigenvalue weighted by molar-refractivity contribution is 0.215. The van der Waals surface area contributed by atoms with Crippen molar-refractivity contribution in [2.75, 3.05) is 19.6 Å². The summed E-state index contributed by atoms with van der Waals surface area (Å²) in [5.41, 5.74) is 0. The van der Waals surface area contributed by atoms with Crippen molar-refractivity contribution in [2.24, 2.45) is 0 Å². The Balaban J connectivity index is 1.97. The van der Waals surface area contributed by atoms with Crippen LogP contribution in [0.4, 0.5) is 0 Å². The van der Waals surface area contributed by atoms with E-state index in [1.807, 2.05) is 6.92 Å². The fourth-order valence-corrected chi connectivity index (χ4v) is 5.11. The van der Waals surface area contributed by atoms with Crippen LogP contribution in [0.2, 0.25) is 0 Å². The number of aliphatic hydroxyl groups excluding tert-OH is 1. The van der Waals surface area contributed by atoms with E-state index >= 15 is 0 Å². The molecule has 0 bridgehead atoms. The molecule has 1 aliphatic rings. The number of rotatable bonds is 6. The normalized spacial score (nSPS) is 19.1. The van der Waals surface area contributed by atoms with Gasteiger partial charge in [-0.3, -0.25) is 0 Å². The van der Waals surface area contributed by atoms with Gasteiger partial charge in [-0.2, -0.15) is 0 Å². The van der Waals surface area contributed by atoms with E-state index in [9.17, 15) is 13.5 Å². The maximum absolute atomic E-state index is 12.3. The number of hydrogen-bond donors (Lipinski definition) is 2. The molecule has 20 heavy (non-hydrogen) atoms. The molecule has 0 aliphatic carbocycles. The Morgan fingerprint density at radius 3 is 2.75 bits per heavy atom. The second kappa shape index (κ2) is 7.00. The Kier molecular flexibility index (Phi) is 5.57. The standard InChI is InChI=1S/C13H22N2O3S2/c1-11(9-15-6-3-2-4-7-15)14-20(17,18)13-5-8-19-12(13)10-16/h5,8,11,14,16H,2-4,6-7,9-10H2,1H3. The lowest BCUT2D eigenvalue weighted by atomic mass is 10.1. The van der Waals surface area contributed by atoms with Crippen molar-refractivity contribution >= 4 is 21.4 Å². The predicted octanol–water partition coefficient (Wildman–Crippen LogP) is 1.39. The largest absolute Gasteiger partial charge is 0.391 e. The molecule has 1 fully saturated rings. The molecule has 2 rings (SSSR count). The molecule has 0 radical (unpaired) electrons.